The molecule has 29 heavy (non-hydrogen) atoms. The lowest BCUT2D eigenvalue weighted by molar-refractivity contribution is -0.385. The molecule has 0 N–H and O–H groups in total. The van der Waals surface area contributed by atoms with Gasteiger partial charge in [0.25, 0.3) is 5.69 Å². The summed E-state index contributed by atoms with van der Waals surface area (Å²) >= 11 is 0. The van der Waals surface area contributed by atoms with Crippen LogP contribution in [0.4, 0.5) is 11.4 Å². The second kappa shape index (κ2) is 7.75. The molecule has 156 valence electrons. The first-order valence-electron chi connectivity index (χ1n) is 9.88. The van der Waals surface area contributed by atoms with E-state index in [0.717, 1.165) is 25.7 Å². The summed E-state index contributed by atoms with van der Waals surface area (Å²) in [5.74, 6) is 0.386. The van der Waals surface area contributed by atoms with Crippen molar-refractivity contribution in [2.75, 3.05) is 31.1 Å². The van der Waals surface area contributed by atoms with E-state index in [1.54, 1.807) is 10.7 Å². The van der Waals surface area contributed by atoms with Gasteiger partial charge in [0.15, 0.2) is 0 Å². The van der Waals surface area contributed by atoms with Crippen LogP contribution in [0, 0.1) is 10.1 Å². The third-order valence-electron chi connectivity index (χ3n) is 5.87. The molecule has 1 aromatic heterocycles. The Morgan fingerprint density at radius 3 is 2.41 bits per heavy atom. The Kier molecular flexibility index (Phi) is 5.30. The summed E-state index contributed by atoms with van der Waals surface area (Å²) in [6, 6.07) is 4.20. The molecule has 3 heterocycles. The number of anilines is 1. The molecule has 0 radical (unpaired) electrons. The van der Waals surface area contributed by atoms with Crippen LogP contribution in [0.1, 0.15) is 37.2 Å². The largest absolute Gasteiger partial charge is 0.370 e. The lowest BCUT2D eigenvalue weighted by Crippen LogP contribution is -2.35. The number of piperidine rings is 1. The summed E-state index contributed by atoms with van der Waals surface area (Å²) in [5, 5.41) is 15.5. The first-order valence-corrected chi connectivity index (χ1v) is 11.3. The van der Waals surface area contributed by atoms with Gasteiger partial charge in [0.1, 0.15) is 4.90 Å². The van der Waals surface area contributed by atoms with Gasteiger partial charge in [-0.3, -0.25) is 14.8 Å². The SMILES string of the molecule is Cn1cc(C2CCN(c3ccc([N+](=O)[O-])cc3S(=O)(=O)N3CCCC3)CC2)cn1. The number of nitrogens with zero attached hydrogens (tertiary/aromatic N) is 5. The second-order valence-electron chi connectivity index (χ2n) is 7.73. The van der Waals surface area contributed by atoms with Crippen LogP contribution in [0.15, 0.2) is 35.5 Å². The molecule has 9 nitrogen and oxygen atoms in total. The molecule has 0 bridgehead atoms. The number of aromatic nitrogens is 2. The lowest BCUT2D eigenvalue weighted by atomic mass is 9.91. The number of benzene rings is 1. The summed E-state index contributed by atoms with van der Waals surface area (Å²) in [6.45, 7) is 2.32. The first kappa shape index (κ1) is 19.8. The van der Waals surface area contributed by atoms with E-state index in [1.807, 2.05) is 24.3 Å². The monoisotopic (exact) mass is 419 g/mol. The Morgan fingerprint density at radius 2 is 1.83 bits per heavy atom. The molecule has 2 aromatic rings. The standard InChI is InChI=1S/C19H25N5O4S/c1-21-14-16(13-20-21)15-6-10-22(11-7-15)18-5-4-17(24(25)26)12-19(18)29(27,28)23-8-2-3-9-23/h4-5,12-15H,2-3,6-11H2,1H3. The molecule has 10 heteroatoms. The fourth-order valence-corrected chi connectivity index (χ4v) is 6.00. The van der Waals surface area contributed by atoms with Crippen LogP contribution in [0.5, 0.6) is 0 Å². The van der Waals surface area contributed by atoms with E-state index in [9.17, 15) is 18.5 Å². The number of hydrogen-bond acceptors (Lipinski definition) is 6. The van der Waals surface area contributed by atoms with E-state index >= 15 is 0 Å². The van der Waals surface area contributed by atoms with Gasteiger partial charge < -0.3 is 4.90 Å². The van der Waals surface area contributed by atoms with Gasteiger partial charge in [0.05, 0.1) is 16.8 Å². The molecule has 0 saturated carbocycles. The molecule has 1 aromatic carbocycles. The van der Waals surface area contributed by atoms with Gasteiger partial charge in [-0.25, -0.2) is 8.42 Å². The van der Waals surface area contributed by atoms with Crippen molar-refractivity contribution >= 4 is 21.4 Å². The number of rotatable bonds is 5. The van der Waals surface area contributed by atoms with Crippen LogP contribution in [0.3, 0.4) is 0 Å². The molecule has 0 unspecified atom stereocenters. The zero-order chi connectivity index (χ0) is 20.6. The van der Waals surface area contributed by atoms with Gasteiger partial charge in [0.2, 0.25) is 10.0 Å². The van der Waals surface area contributed by atoms with Crippen molar-refractivity contribution in [2.24, 2.45) is 7.05 Å². The summed E-state index contributed by atoms with van der Waals surface area (Å²) < 4.78 is 29.7. The third-order valence-corrected chi connectivity index (χ3v) is 7.80. The Hall–Kier alpha value is -2.46. The normalized spacial score (nSPS) is 19.0. The maximum atomic E-state index is 13.2. The maximum absolute atomic E-state index is 13.2. The molecule has 0 atom stereocenters. The highest BCUT2D eigenvalue weighted by molar-refractivity contribution is 7.89. The van der Waals surface area contributed by atoms with E-state index in [0.29, 0.717) is 37.8 Å². The van der Waals surface area contributed by atoms with Gasteiger partial charge in [-0.15, -0.1) is 0 Å². The van der Waals surface area contributed by atoms with E-state index in [2.05, 4.69) is 5.10 Å². The third kappa shape index (κ3) is 3.86. The fourth-order valence-electron chi connectivity index (χ4n) is 4.26. The highest BCUT2D eigenvalue weighted by atomic mass is 32.2. The quantitative estimate of drug-likeness (QED) is 0.545. The summed E-state index contributed by atoms with van der Waals surface area (Å²) in [5.41, 5.74) is 1.56. The average Bonchev–Trinajstić information content (AvgIpc) is 3.40. The molecule has 2 saturated heterocycles. The van der Waals surface area contributed by atoms with Gasteiger partial charge in [-0.1, -0.05) is 0 Å². The fraction of sp³-hybridized carbons (Fsp3) is 0.526. The minimum atomic E-state index is -3.76. The Labute approximate surface area is 170 Å². The Bertz CT molecular complexity index is 1010. The zero-order valence-corrected chi connectivity index (χ0v) is 17.2. The second-order valence-corrected chi connectivity index (χ2v) is 9.64. The van der Waals surface area contributed by atoms with Crippen LogP contribution >= 0.6 is 0 Å². The predicted molar refractivity (Wildman–Crippen MR) is 108 cm³/mol. The zero-order valence-electron chi connectivity index (χ0n) is 16.4. The number of sulfonamides is 1. The van der Waals surface area contributed by atoms with Crippen LogP contribution in [0.25, 0.3) is 0 Å². The van der Waals surface area contributed by atoms with E-state index in [1.165, 1.54) is 22.0 Å². The molecule has 0 aliphatic carbocycles. The van der Waals surface area contributed by atoms with Crippen molar-refractivity contribution in [3.05, 3.63) is 46.3 Å². The van der Waals surface area contributed by atoms with Crippen molar-refractivity contribution in [3.8, 4) is 0 Å². The molecule has 2 aliphatic rings. The number of non-ortho nitro benzene ring substituents is 1. The summed E-state index contributed by atoms with van der Waals surface area (Å²) in [4.78, 5) is 12.8. The lowest BCUT2D eigenvalue weighted by Gasteiger charge is -2.34. The maximum Gasteiger partial charge on any atom is 0.270 e. The van der Waals surface area contributed by atoms with Crippen LogP contribution in [0.2, 0.25) is 0 Å². The molecular formula is C19H25N5O4S. The average molecular weight is 420 g/mol. The van der Waals surface area contributed by atoms with Crippen LogP contribution in [-0.2, 0) is 17.1 Å². The van der Waals surface area contributed by atoms with Crippen molar-refractivity contribution in [1.82, 2.24) is 14.1 Å². The number of aryl methyl sites for hydroxylation is 1. The van der Waals surface area contributed by atoms with Crippen LogP contribution in [-0.4, -0.2) is 53.6 Å². The minimum Gasteiger partial charge on any atom is -0.370 e. The molecule has 2 aliphatic heterocycles. The number of nitro groups is 1. The van der Waals surface area contributed by atoms with Crippen molar-refractivity contribution in [3.63, 3.8) is 0 Å². The van der Waals surface area contributed by atoms with Gasteiger partial charge in [-0.05, 0) is 43.2 Å². The number of nitro benzene ring substituents is 1. The number of hydrogen-bond donors (Lipinski definition) is 0. The van der Waals surface area contributed by atoms with Gasteiger partial charge in [-0.2, -0.15) is 9.40 Å². The first-order chi connectivity index (χ1) is 13.9. The molecule has 0 amide bonds. The highest BCUT2D eigenvalue weighted by Gasteiger charge is 2.33. The van der Waals surface area contributed by atoms with Crippen molar-refractivity contribution in [2.45, 2.75) is 36.5 Å². The summed E-state index contributed by atoms with van der Waals surface area (Å²) in [7, 11) is -1.87. The summed E-state index contributed by atoms with van der Waals surface area (Å²) in [6.07, 6.45) is 7.31. The molecular weight excluding hydrogens is 394 g/mol. The van der Waals surface area contributed by atoms with E-state index < -0.39 is 14.9 Å². The van der Waals surface area contributed by atoms with Gasteiger partial charge in [0, 0.05) is 51.6 Å². The highest BCUT2D eigenvalue weighted by Crippen LogP contribution is 2.36. The topological polar surface area (TPSA) is 102 Å². The van der Waals surface area contributed by atoms with Crippen LogP contribution < -0.4 is 4.90 Å². The van der Waals surface area contributed by atoms with E-state index in [-0.39, 0.29) is 10.6 Å². The molecule has 4 rings (SSSR count). The smallest absolute Gasteiger partial charge is 0.270 e. The Balaban J connectivity index is 1.62. The van der Waals surface area contributed by atoms with E-state index in [4.69, 9.17) is 0 Å². The predicted octanol–water partition coefficient (Wildman–Crippen LogP) is 2.50. The Morgan fingerprint density at radius 1 is 1.14 bits per heavy atom. The molecule has 2 fully saturated rings. The minimum absolute atomic E-state index is 0.0495. The molecule has 0 spiro atoms. The van der Waals surface area contributed by atoms with Gasteiger partial charge >= 0.3 is 0 Å². The van der Waals surface area contributed by atoms with Crippen molar-refractivity contribution < 1.29 is 13.3 Å². The van der Waals surface area contributed by atoms with Crippen molar-refractivity contribution in [1.29, 1.82) is 0 Å².